The molecule has 4 heterocycles. The lowest BCUT2D eigenvalue weighted by Gasteiger charge is -2.09. The molecule has 4 aromatic carbocycles. The van der Waals surface area contributed by atoms with Gasteiger partial charge in [0.25, 0.3) is 0 Å². The Morgan fingerprint density at radius 3 is 1.39 bits per heavy atom. The first-order chi connectivity index (χ1) is 27.3. The Morgan fingerprint density at radius 1 is 0.526 bits per heavy atom. The van der Waals surface area contributed by atoms with E-state index in [9.17, 15) is 8.42 Å². The van der Waals surface area contributed by atoms with E-state index in [2.05, 4.69) is 35.5 Å². The molecule has 0 amide bonds. The highest BCUT2D eigenvalue weighted by Crippen LogP contribution is 2.23. The van der Waals surface area contributed by atoms with Crippen molar-refractivity contribution < 1.29 is 8.42 Å². The molecule has 8 rings (SSSR count). The fourth-order valence-corrected chi connectivity index (χ4v) is 5.39. The van der Waals surface area contributed by atoms with Crippen LogP contribution in [0.15, 0.2) is 176 Å². The van der Waals surface area contributed by atoms with Crippen LogP contribution in [0.5, 0.6) is 0 Å². The molecule has 0 radical (unpaired) electrons. The van der Waals surface area contributed by atoms with Gasteiger partial charge in [0.1, 0.15) is 0 Å². The molecule has 8 aromatic rings. The highest BCUT2D eigenvalue weighted by Gasteiger charge is 2.15. The average Bonchev–Trinajstić information content (AvgIpc) is 3.96. The van der Waals surface area contributed by atoms with Crippen LogP contribution < -0.4 is 11.1 Å². The van der Waals surface area contributed by atoms with E-state index in [4.69, 9.17) is 5.73 Å². The lowest BCUT2D eigenvalue weighted by atomic mass is 10.2. The van der Waals surface area contributed by atoms with Gasteiger partial charge in [-0.05, 0) is 72.8 Å². The molecular weight excluding hydrogens is 733 g/mol. The molecule has 57 heavy (non-hydrogen) atoms. The van der Waals surface area contributed by atoms with Crippen molar-refractivity contribution in [3.05, 3.63) is 170 Å². The minimum atomic E-state index is -3.45. The van der Waals surface area contributed by atoms with Crippen molar-refractivity contribution in [2.24, 2.45) is 0 Å². The second-order valence-corrected chi connectivity index (χ2v) is 13.0. The molecule has 294 valence electrons. The molecule has 0 spiro atoms. The van der Waals surface area contributed by atoms with E-state index < -0.39 is 9.84 Å². The molecule has 3 N–H and O–H groups in total. The molecular formula is C44H50N10O2S. The van der Waals surface area contributed by atoms with Crippen LogP contribution in [0.2, 0.25) is 0 Å². The monoisotopic (exact) mass is 782 g/mol. The molecule has 13 heteroatoms. The van der Waals surface area contributed by atoms with Gasteiger partial charge < -0.3 is 11.1 Å². The van der Waals surface area contributed by atoms with Crippen LogP contribution in [0.1, 0.15) is 35.1 Å². The van der Waals surface area contributed by atoms with E-state index in [-0.39, 0.29) is 12.6 Å². The molecule has 0 fully saturated rings. The number of rotatable bonds is 7. The van der Waals surface area contributed by atoms with Crippen LogP contribution in [0.3, 0.4) is 0 Å². The van der Waals surface area contributed by atoms with Gasteiger partial charge in [0, 0.05) is 30.0 Å². The summed E-state index contributed by atoms with van der Waals surface area (Å²) >= 11 is 0. The van der Waals surface area contributed by atoms with Crippen LogP contribution >= 0.6 is 0 Å². The summed E-state index contributed by atoms with van der Waals surface area (Å²) in [7, 11) is -3.45. The van der Waals surface area contributed by atoms with E-state index in [1.54, 1.807) is 35.4 Å². The van der Waals surface area contributed by atoms with Crippen LogP contribution in [0.25, 0.3) is 34.2 Å². The number of nitrogens with zero attached hydrogens (tertiary/aromatic N) is 8. The predicted molar refractivity (Wildman–Crippen MR) is 232 cm³/mol. The van der Waals surface area contributed by atoms with Crippen molar-refractivity contribution >= 4 is 27.2 Å². The van der Waals surface area contributed by atoms with Crippen molar-refractivity contribution in [3.63, 3.8) is 0 Å². The Balaban J connectivity index is 0.000000241. The lowest BCUT2D eigenvalue weighted by Crippen LogP contribution is -2.06. The second-order valence-electron chi connectivity index (χ2n) is 11.1. The first-order valence-electron chi connectivity index (χ1n) is 18.0. The summed E-state index contributed by atoms with van der Waals surface area (Å²) in [4.78, 5) is 16.8. The number of sulfone groups is 1. The maximum Gasteiger partial charge on any atom is 0.247 e. The van der Waals surface area contributed by atoms with Crippen molar-refractivity contribution in [1.29, 1.82) is 0 Å². The summed E-state index contributed by atoms with van der Waals surface area (Å²) in [5.41, 5.74) is 11.9. The minimum Gasteiger partial charge on any atom is -0.399 e. The van der Waals surface area contributed by atoms with Crippen LogP contribution in [-0.4, -0.2) is 54.2 Å². The summed E-state index contributed by atoms with van der Waals surface area (Å²) in [5.74, 6) is 0.555. The zero-order chi connectivity index (χ0) is 40.2. The fourth-order valence-electron chi connectivity index (χ4n) is 4.87. The maximum atomic E-state index is 11.6. The number of nitrogen functional groups attached to an aromatic ring is 1. The summed E-state index contributed by atoms with van der Waals surface area (Å²) in [6, 6.07) is 46.2. The Hall–Kier alpha value is -6.99. The SMILES string of the molecule is C.CC.CC.CS(=O)(=O)c1nccc(-c2ccnn2-c2ccccc2)n1.Nc1ccccc1.c1ccc(Nc2nccc(-c3ccnn3-c3ccccc3)n2)cc1. The number of benzene rings is 4. The molecule has 0 bridgehead atoms. The maximum absolute atomic E-state index is 11.6. The Bertz CT molecular complexity index is 2420. The van der Waals surface area contributed by atoms with Gasteiger partial charge in [-0.3, -0.25) is 0 Å². The molecule has 0 saturated heterocycles. The van der Waals surface area contributed by atoms with Gasteiger partial charge in [-0.1, -0.05) is 108 Å². The number of anilines is 3. The van der Waals surface area contributed by atoms with Gasteiger partial charge in [0.2, 0.25) is 20.9 Å². The number of nitrogens with one attached hydrogen (secondary N) is 1. The summed E-state index contributed by atoms with van der Waals surface area (Å²) in [5, 5.41) is 11.7. The van der Waals surface area contributed by atoms with E-state index in [0.29, 0.717) is 17.3 Å². The summed E-state index contributed by atoms with van der Waals surface area (Å²) < 4.78 is 26.7. The van der Waals surface area contributed by atoms with Crippen LogP contribution in [0.4, 0.5) is 17.3 Å². The van der Waals surface area contributed by atoms with E-state index in [1.807, 2.05) is 166 Å². The second kappa shape index (κ2) is 23.0. The quantitative estimate of drug-likeness (QED) is 0.118. The highest BCUT2D eigenvalue weighted by atomic mass is 32.2. The topological polar surface area (TPSA) is 159 Å². The van der Waals surface area contributed by atoms with Crippen molar-refractivity contribution in [3.8, 4) is 34.2 Å². The van der Waals surface area contributed by atoms with Crippen LogP contribution in [0, 0.1) is 0 Å². The molecule has 0 aliphatic rings. The normalized spacial score (nSPS) is 9.91. The van der Waals surface area contributed by atoms with Gasteiger partial charge in [-0.2, -0.15) is 10.2 Å². The zero-order valence-corrected chi connectivity index (χ0v) is 32.9. The number of nitrogens with two attached hydrogens (primary N) is 1. The van der Waals surface area contributed by atoms with Crippen molar-refractivity contribution in [1.82, 2.24) is 39.5 Å². The Labute approximate surface area is 336 Å². The number of hydrogen-bond donors (Lipinski definition) is 2. The third-order valence-corrected chi connectivity index (χ3v) is 8.12. The largest absolute Gasteiger partial charge is 0.399 e. The predicted octanol–water partition coefficient (Wildman–Crippen LogP) is 9.76. The minimum absolute atomic E-state index is 0. The van der Waals surface area contributed by atoms with Gasteiger partial charge >= 0.3 is 0 Å². The molecule has 0 unspecified atom stereocenters. The molecule has 0 saturated carbocycles. The number of hydrogen-bond acceptors (Lipinski definition) is 10. The van der Waals surface area contributed by atoms with Gasteiger partial charge in [-0.15, -0.1) is 0 Å². The Kier molecular flexibility index (Phi) is 18.0. The van der Waals surface area contributed by atoms with E-state index >= 15 is 0 Å². The molecule has 4 aromatic heterocycles. The first-order valence-corrected chi connectivity index (χ1v) is 19.9. The van der Waals surface area contributed by atoms with Crippen molar-refractivity contribution in [2.75, 3.05) is 17.3 Å². The standard InChI is InChI=1S/C19H15N5.C14H12N4O2S.C6H7N.2C2H6.CH4/c1-3-7-15(8-4-1)22-19-20-13-11-17(23-19)18-12-14-21-24(18)16-9-5-2-6-10-16;1-21(19,20)14-15-9-7-12(17-14)13-8-10-16-18(13)11-5-3-2-4-6-11;7-6-4-2-1-3-5-6;2*1-2;/h1-14H,(H,20,22,23);2-10H,1H3;1-5H,7H2;2*1-2H3;1H4. The van der Waals surface area contributed by atoms with Crippen molar-refractivity contribution in [2.45, 2.75) is 40.3 Å². The average molecular weight is 783 g/mol. The van der Waals surface area contributed by atoms with E-state index in [0.717, 1.165) is 40.4 Å². The Morgan fingerprint density at radius 2 is 0.947 bits per heavy atom. The van der Waals surface area contributed by atoms with Crippen LogP contribution in [-0.2, 0) is 9.84 Å². The molecule has 0 aliphatic heterocycles. The smallest absolute Gasteiger partial charge is 0.247 e. The summed E-state index contributed by atoms with van der Waals surface area (Å²) in [6.45, 7) is 8.00. The zero-order valence-electron chi connectivity index (χ0n) is 32.0. The van der Waals surface area contributed by atoms with Gasteiger partial charge in [-0.25, -0.2) is 37.7 Å². The van der Waals surface area contributed by atoms with Gasteiger partial charge in [0.15, 0.2) is 0 Å². The summed E-state index contributed by atoms with van der Waals surface area (Å²) in [6.07, 6.45) is 7.68. The first kappa shape index (κ1) is 44.4. The van der Waals surface area contributed by atoms with E-state index in [1.165, 1.54) is 6.20 Å². The third kappa shape index (κ3) is 13.1. The number of aromatic nitrogens is 8. The van der Waals surface area contributed by atoms with Gasteiger partial charge in [0.05, 0.1) is 46.5 Å². The third-order valence-electron chi connectivity index (χ3n) is 7.26. The highest BCUT2D eigenvalue weighted by molar-refractivity contribution is 7.90. The molecule has 12 nitrogen and oxygen atoms in total. The molecule has 0 atom stereocenters. The fraction of sp³-hybridized carbons (Fsp3) is 0.136. The lowest BCUT2D eigenvalue weighted by molar-refractivity contribution is 0.593. The number of para-hydroxylation sites is 4. The molecule has 0 aliphatic carbocycles.